The van der Waals surface area contributed by atoms with Crippen LogP contribution < -0.4 is 0 Å². The first-order valence-electron chi connectivity index (χ1n) is 6.88. The van der Waals surface area contributed by atoms with E-state index in [1.165, 1.54) is 0 Å². The van der Waals surface area contributed by atoms with Gasteiger partial charge in [0.15, 0.2) is 0 Å². The highest BCUT2D eigenvalue weighted by Gasteiger charge is 2.46. The summed E-state index contributed by atoms with van der Waals surface area (Å²) in [5.41, 5.74) is 0. The number of fused-ring (bicyclic) bond motifs is 2. The van der Waals surface area contributed by atoms with Crippen LogP contribution in [-0.4, -0.2) is 65.9 Å². The molecule has 3 unspecified atom stereocenters. The van der Waals surface area contributed by atoms with E-state index in [-0.39, 0.29) is 12.2 Å². The van der Waals surface area contributed by atoms with E-state index in [2.05, 4.69) is 18.7 Å². The van der Waals surface area contributed by atoms with Crippen molar-refractivity contribution in [1.82, 2.24) is 4.90 Å². The minimum absolute atomic E-state index is 0.0735. The molecule has 0 aromatic heterocycles. The van der Waals surface area contributed by atoms with E-state index in [0.717, 1.165) is 38.7 Å². The van der Waals surface area contributed by atoms with Crippen LogP contribution in [0.15, 0.2) is 0 Å². The first-order valence-corrected chi connectivity index (χ1v) is 8.81. The Labute approximate surface area is 111 Å². The van der Waals surface area contributed by atoms with Crippen LogP contribution in [0.1, 0.15) is 20.3 Å². The SMILES string of the molecule is CCN1CC(C)O[Si]2(OC)CCCOCC(C1)O2. The zero-order valence-corrected chi connectivity index (χ0v) is 12.7. The fraction of sp³-hybridized carbons (Fsp3) is 1.00. The van der Waals surface area contributed by atoms with Crippen molar-refractivity contribution in [3.8, 4) is 0 Å². The zero-order valence-electron chi connectivity index (χ0n) is 11.7. The van der Waals surface area contributed by atoms with Gasteiger partial charge < -0.3 is 18.0 Å². The molecule has 3 atom stereocenters. The smallest absolute Gasteiger partial charge is 0.379 e. The summed E-state index contributed by atoms with van der Waals surface area (Å²) in [5.74, 6) is 0. The number of rotatable bonds is 2. The number of hydrogen-bond acceptors (Lipinski definition) is 5. The average molecular weight is 275 g/mol. The van der Waals surface area contributed by atoms with E-state index >= 15 is 0 Å². The van der Waals surface area contributed by atoms with Crippen LogP contribution in [0.5, 0.6) is 0 Å². The normalized spacial score (nSPS) is 39.5. The molecule has 106 valence electrons. The van der Waals surface area contributed by atoms with Crippen LogP contribution in [0.4, 0.5) is 0 Å². The van der Waals surface area contributed by atoms with Crippen molar-refractivity contribution >= 4 is 8.80 Å². The number of ether oxygens (including phenoxy) is 1. The monoisotopic (exact) mass is 275 g/mol. The second-order valence-electron chi connectivity index (χ2n) is 5.09. The Balaban J connectivity index is 2.13. The molecule has 2 rings (SSSR count). The second-order valence-corrected chi connectivity index (χ2v) is 7.83. The molecule has 0 spiro atoms. The lowest BCUT2D eigenvalue weighted by molar-refractivity contribution is -0.0649. The lowest BCUT2D eigenvalue weighted by Crippen LogP contribution is -2.57. The first-order chi connectivity index (χ1) is 8.67. The van der Waals surface area contributed by atoms with Gasteiger partial charge in [-0.05, 0) is 19.9 Å². The summed E-state index contributed by atoms with van der Waals surface area (Å²) in [7, 11) is -0.764. The van der Waals surface area contributed by atoms with Gasteiger partial charge in [0.05, 0.1) is 18.8 Å². The van der Waals surface area contributed by atoms with Gasteiger partial charge in [0.2, 0.25) is 0 Å². The molecule has 0 amide bonds. The quantitative estimate of drug-likeness (QED) is 0.706. The maximum absolute atomic E-state index is 6.20. The Morgan fingerprint density at radius 1 is 1.33 bits per heavy atom. The summed E-state index contributed by atoms with van der Waals surface area (Å²) in [6.45, 7) is 8.55. The summed E-state index contributed by atoms with van der Waals surface area (Å²) in [6, 6.07) is 0.858. The molecule has 0 saturated carbocycles. The number of nitrogens with zero attached hydrogens (tertiary/aromatic N) is 1. The minimum atomic E-state index is -2.48. The van der Waals surface area contributed by atoms with E-state index in [1.807, 2.05) is 0 Å². The Morgan fingerprint density at radius 3 is 2.89 bits per heavy atom. The van der Waals surface area contributed by atoms with Crippen molar-refractivity contribution < 1.29 is 18.0 Å². The number of likely N-dealkylation sites (N-methyl/N-ethyl adjacent to an activating group) is 1. The number of hydrogen-bond donors (Lipinski definition) is 0. The van der Waals surface area contributed by atoms with Gasteiger partial charge in [0.1, 0.15) is 0 Å². The van der Waals surface area contributed by atoms with Gasteiger partial charge in [-0.1, -0.05) is 6.92 Å². The Hall–Kier alpha value is 0.0169. The molecule has 0 aromatic carbocycles. The first kappa shape index (κ1) is 14.4. The van der Waals surface area contributed by atoms with E-state index in [0.29, 0.717) is 6.61 Å². The second kappa shape index (κ2) is 6.45. The maximum atomic E-state index is 6.20. The third-order valence-corrected chi connectivity index (χ3v) is 6.58. The highest BCUT2D eigenvalue weighted by Crippen LogP contribution is 2.25. The van der Waals surface area contributed by atoms with Crippen molar-refractivity contribution in [2.45, 2.75) is 38.5 Å². The molecule has 0 aromatic rings. The van der Waals surface area contributed by atoms with Gasteiger partial charge in [0, 0.05) is 32.9 Å². The molecule has 0 aliphatic carbocycles. The molecular formula is C12H25NO4Si. The fourth-order valence-corrected chi connectivity index (χ4v) is 5.26. The van der Waals surface area contributed by atoms with Gasteiger partial charge in [-0.15, -0.1) is 0 Å². The molecule has 6 heteroatoms. The summed E-state index contributed by atoms with van der Waals surface area (Å²) in [5, 5.41) is 0. The Kier molecular flexibility index (Phi) is 5.17. The standard InChI is InChI=1S/C12H25NO4Si/c1-4-13-8-11(2)16-18(14-3)7-5-6-15-10-12(9-13)17-18/h11-12H,4-10H2,1-3H3. The van der Waals surface area contributed by atoms with Crippen molar-refractivity contribution in [2.24, 2.45) is 0 Å². The van der Waals surface area contributed by atoms with Gasteiger partial charge in [-0.3, -0.25) is 4.90 Å². The predicted octanol–water partition coefficient (Wildman–Crippen LogP) is 1.12. The Morgan fingerprint density at radius 2 is 2.17 bits per heavy atom. The van der Waals surface area contributed by atoms with E-state index in [9.17, 15) is 0 Å². The molecule has 2 aliphatic heterocycles. The van der Waals surface area contributed by atoms with E-state index in [4.69, 9.17) is 18.0 Å². The average Bonchev–Trinajstić information content (AvgIpc) is 2.31. The molecule has 18 heavy (non-hydrogen) atoms. The summed E-state index contributed by atoms with van der Waals surface area (Å²) >= 11 is 0. The van der Waals surface area contributed by atoms with Crippen LogP contribution in [0.25, 0.3) is 0 Å². The third-order valence-electron chi connectivity index (χ3n) is 3.54. The maximum Gasteiger partial charge on any atom is 0.501 e. The predicted molar refractivity (Wildman–Crippen MR) is 70.5 cm³/mol. The highest BCUT2D eigenvalue weighted by atomic mass is 28.4. The van der Waals surface area contributed by atoms with Gasteiger partial charge in [-0.2, -0.15) is 0 Å². The molecular weight excluding hydrogens is 250 g/mol. The molecule has 2 fully saturated rings. The molecule has 2 aliphatic rings. The molecule has 0 N–H and O–H groups in total. The summed E-state index contributed by atoms with van der Waals surface area (Å²) in [6.07, 6.45) is 1.19. The molecule has 5 nitrogen and oxygen atoms in total. The van der Waals surface area contributed by atoms with E-state index in [1.54, 1.807) is 7.11 Å². The van der Waals surface area contributed by atoms with Crippen LogP contribution in [-0.2, 0) is 18.0 Å². The van der Waals surface area contributed by atoms with Crippen molar-refractivity contribution in [1.29, 1.82) is 0 Å². The highest BCUT2D eigenvalue weighted by molar-refractivity contribution is 6.60. The van der Waals surface area contributed by atoms with Crippen molar-refractivity contribution in [3.05, 3.63) is 0 Å². The van der Waals surface area contributed by atoms with Crippen LogP contribution >= 0.6 is 0 Å². The van der Waals surface area contributed by atoms with Gasteiger partial charge >= 0.3 is 8.80 Å². The molecule has 2 heterocycles. The lowest BCUT2D eigenvalue weighted by Gasteiger charge is -2.41. The van der Waals surface area contributed by atoms with Gasteiger partial charge in [0.25, 0.3) is 0 Å². The fourth-order valence-electron chi connectivity index (χ4n) is 2.66. The molecule has 0 radical (unpaired) electrons. The van der Waals surface area contributed by atoms with Crippen molar-refractivity contribution in [2.75, 3.05) is 40.0 Å². The van der Waals surface area contributed by atoms with Crippen LogP contribution in [0.2, 0.25) is 6.04 Å². The van der Waals surface area contributed by atoms with Crippen LogP contribution in [0.3, 0.4) is 0 Å². The lowest BCUT2D eigenvalue weighted by atomic mass is 10.3. The zero-order chi connectivity index (χ0) is 13.0. The summed E-state index contributed by atoms with van der Waals surface area (Å²) in [4.78, 5) is 2.36. The van der Waals surface area contributed by atoms with Crippen LogP contribution in [0, 0.1) is 0 Å². The summed E-state index contributed by atoms with van der Waals surface area (Å²) < 4.78 is 23.7. The topological polar surface area (TPSA) is 40.2 Å². The minimum Gasteiger partial charge on any atom is -0.379 e. The molecule has 2 saturated heterocycles. The van der Waals surface area contributed by atoms with Gasteiger partial charge in [-0.25, -0.2) is 0 Å². The third kappa shape index (κ3) is 3.52. The van der Waals surface area contributed by atoms with Crippen molar-refractivity contribution in [3.63, 3.8) is 0 Å². The Bertz CT molecular complexity index is 268. The molecule has 2 bridgehead atoms. The largest absolute Gasteiger partial charge is 0.501 e. The van der Waals surface area contributed by atoms with E-state index < -0.39 is 8.80 Å².